The van der Waals surface area contributed by atoms with E-state index >= 15 is 0 Å². The Labute approximate surface area is 105 Å². The van der Waals surface area contributed by atoms with Gasteiger partial charge in [0.25, 0.3) is 5.97 Å². The molecule has 4 unspecified atom stereocenters. The number of rotatable bonds is 0. The van der Waals surface area contributed by atoms with Crippen molar-refractivity contribution in [3.05, 3.63) is 12.7 Å². The number of aliphatic carboxylic acids is 1. The molecule has 3 aliphatic rings. The number of carbonyl (C=O) groups is 1. The van der Waals surface area contributed by atoms with Gasteiger partial charge in [-0.05, 0) is 62.7 Å². The molecule has 2 bridgehead atoms. The van der Waals surface area contributed by atoms with E-state index in [4.69, 9.17) is 9.90 Å². The summed E-state index contributed by atoms with van der Waals surface area (Å²) in [6.45, 7) is 6.33. The van der Waals surface area contributed by atoms with Crippen LogP contribution in [-0.4, -0.2) is 11.1 Å². The van der Waals surface area contributed by atoms with Gasteiger partial charge in [-0.1, -0.05) is 12.5 Å². The highest BCUT2D eigenvalue weighted by atomic mass is 16.4. The molecule has 1 N–H and O–H groups in total. The van der Waals surface area contributed by atoms with E-state index in [9.17, 15) is 0 Å². The molecule has 0 aromatic carbocycles. The van der Waals surface area contributed by atoms with Gasteiger partial charge in [0.15, 0.2) is 0 Å². The predicted octanol–water partition coefficient (Wildman–Crippen LogP) is 4.12. The van der Waals surface area contributed by atoms with Gasteiger partial charge in [-0.2, -0.15) is 0 Å². The summed E-state index contributed by atoms with van der Waals surface area (Å²) < 4.78 is 0. The summed E-state index contributed by atoms with van der Waals surface area (Å²) in [5.74, 6) is 3.97. The average molecular weight is 238 g/mol. The average Bonchev–Trinajstić information content (AvgIpc) is 2.92. The first-order valence-corrected chi connectivity index (χ1v) is 6.86. The Bertz CT molecular complexity index is 240. The fraction of sp³-hybridized carbons (Fsp3) is 0.800. The Morgan fingerprint density at radius 1 is 1.18 bits per heavy atom. The number of allylic oxidation sites excluding steroid dienone is 1. The minimum absolute atomic E-state index is 0.833. The van der Waals surface area contributed by atoms with Crippen molar-refractivity contribution < 1.29 is 9.90 Å². The molecule has 98 valence electrons. The quantitative estimate of drug-likeness (QED) is 0.645. The Balaban J connectivity index is 0.000000177. The van der Waals surface area contributed by atoms with E-state index in [2.05, 4.69) is 6.58 Å². The third-order valence-corrected chi connectivity index (χ3v) is 4.35. The molecular formula is C15H26O2. The van der Waals surface area contributed by atoms with Gasteiger partial charge in [0.2, 0.25) is 0 Å². The third-order valence-electron chi connectivity index (χ3n) is 4.35. The standard InChI is InChI=1S/C10H16.C3H6.C2H4O2/c1-2-9-7-4-5-8(6-7)10(9)3-1;1-3-2;1-2(3)4/h7-10H,1-6H2;3H,1H2,2H3;1H3,(H,3,4). The monoisotopic (exact) mass is 238 g/mol. The summed E-state index contributed by atoms with van der Waals surface area (Å²) in [6.07, 6.45) is 11.3. The molecule has 3 aliphatic carbocycles. The molecule has 2 nitrogen and oxygen atoms in total. The van der Waals surface area contributed by atoms with Gasteiger partial charge in [0.05, 0.1) is 0 Å². The van der Waals surface area contributed by atoms with Crippen LogP contribution in [0.5, 0.6) is 0 Å². The van der Waals surface area contributed by atoms with Gasteiger partial charge in [-0.25, -0.2) is 0 Å². The molecule has 0 spiro atoms. The zero-order valence-electron chi connectivity index (χ0n) is 11.2. The number of carboxylic acid groups (broad SMARTS) is 1. The topological polar surface area (TPSA) is 37.3 Å². The molecule has 0 amide bonds. The molecule has 0 aromatic heterocycles. The normalized spacial score (nSPS) is 36.1. The first kappa shape index (κ1) is 14.3. The maximum absolute atomic E-state index is 9.00. The SMILES string of the molecule is C1CC2C3CCC(C3)C2C1.C=CC.CC(=O)O. The zero-order chi connectivity index (χ0) is 12.8. The summed E-state index contributed by atoms with van der Waals surface area (Å²) in [4.78, 5) is 9.00. The van der Waals surface area contributed by atoms with E-state index in [1.165, 1.54) is 23.7 Å². The van der Waals surface area contributed by atoms with E-state index < -0.39 is 5.97 Å². The van der Waals surface area contributed by atoms with Gasteiger partial charge in [-0.3, -0.25) is 4.79 Å². The van der Waals surface area contributed by atoms with Gasteiger partial charge in [0, 0.05) is 6.92 Å². The van der Waals surface area contributed by atoms with Crippen molar-refractivity contribution in [2.24, 2.45) is 23.7 Å². The lowest BCUT2D eigenvalue weighted by molar-refractivity contribution is -0.134. The van der Waals surface area contributed by atoms with Crippen molar-refractivity contribution in [3.63, 3.8) is 0 Å². The van der Waals surface area contributed by atoms with Crippen LogP contribution in [-0.2, 0) is 4.79 Å². The molecule has 0 aliphatic heterocycles. The van der Waals surface area contributed by atoms with E-state index in [0.717, 1.165) is 6.92 Å². The summed E-state index contributed by atoms with van der Waals surface area (Å²) in [5.41, 5.74) is 0. The van der Waals surface area contributed by atoms with Crippen LogP contribution in [0.4, 0.5) is 0 Å². The Morgan fingerprint density at radius 2 is 1.53 bits per heavy atom. The van der Waals surface area contributed by atoms with Crippen LogP contribution in [0.15, 0.2) is 12.7 Å². The minimum Gasteiger partial charge on any atom is -0.481 e. The molecular weight excluding hydrogens is 212 g/mol. The van der Waals surface area contributed by atoms with Crippen molar-refractivity contribution in [1.29, 1.82) is 0 Å². The number of hydrogen-bond donors (Lipinski definition) is 1. The van der Waals surface area contributed by atoms with E-state index in [-0.39, 0.29) is 0 Å². The van der Waals surface area contributed by atoms with Crippen LogP contribution >= 0.6 is 0 Å². The molecule has 2 heteroatoms. The number of fused-ring (bicyclic) bond motifs is 5. The minimum atomic E-state index is -0.833. The highest BCUT2D eigenvalue weighted by molar-refractivity contribution is 5.62. The highest BCUT2D eigenvalue weighted by Gasteiger charge is 2.48. The Hall–Kier alpha value is -0.790. The summed E-state index contributed by atoms with van der Waals surface area (Å²) >= 11 is 0. The maximum Gasteiger partial charge on any atom is 0.300 e. The molecule has 0 saturated heterocycles. The Kier molecular flexibility index (Phi) is 5.73. The smallest absolute Gasteiger partial charge is 0.300 e. The molecule has 0 radical (unpaired) electrons. The van der Waals surface area contributed by atoms with Gasteiger partial charge < -0.3 is 5.11 Å². The molecule has 3 rings (SSSR count). The van der Waals surface area contributed by atoms with Gasteiger partial charge >= 0.3 is 0 Å². The van der Waals surface area contributed by atoms with Crippen molar-refractivity contribution >= 4 is 5.97 Å². The van der Waals surface area contributed by atoms with Crippen LogP contribution in [0.2, 0.25) is 0 Å². The van der Waals surface area contributed by atoms with E-state index in [1.54, 1.807) is 44.6 Å². The largest absolute Gasteiger partial charge is 0.481 e. The van der Waals surface area contributed by atoms with Gasteiger partial charge in [-0.15, -0.1) is 6.58 Å². The summed E-state index contributed by atoms with van der Waals surface area (Å²) in [5, 5.41) is 7.42. The molecule has 17 heavy (non-hydrogen) atoms. The first-order valence-electron chi connectivity index (χ1n) is 6.86. The lowest BCUT2D eigenvalue weighted by Crippen LogP contribution is -2.15. The number of carboxylic acids is 1. The number of hydrogen-bond acceptors (Lipinski definition) is 1. The second-order valence-electron chi connectivity index (χ2n) is 5.52. The van der Waals surface area contributed by atoms with Crippen LogP contribution in [0.25, 0.3) is 0 Å². The zero-order valence-corrected chi connectivity index (χ0v) is 11.2. The van der Waals surface area contributed by atoms with Crippen molar-refractivity contribution in [2.45, 2.75) is 52.4 Å². The lowest BCUT2D eigenvalue weighted by Gasteiger charge is -2.23. The van der Waals surface area contributed by atoms with E-state index in [1.807, 2.05) is 6.92 Å². The second-order valence-corrected chi connectivity index (χ2v) is 5.52. The highest BCUT2D eigenvalue weighted by Crippen LogP contribution is 2.58. The fourth-order valence-corrected chi connectivity index (χ4v) is 4.02. The van der Waals surface area contributed by atoms with Crippen LogP contribution < -0.4 is 0 Å². The lowest BCUT2D eigenvalue weighted by atomic mass is 9.82. The summed E-state index contributed by atoms with van der Waals surface area (Å²) in [6, 6.07) is 0. The van der Waals surface area contributed by atoms with Gasteiger partial charge in [0.1, 0.15) is 0 Å². The van der Waals surface area contributed by atoms with E-state index in [0.29, 0.717) is 0 Å². The van der Waals surface area contributed by atoms with Crippen molar-refractivity contribution in [1.82, 2.24) is 0 Å². The van der Waals surface area contributed by atoms with Crippen LogP contribution in [0.3, 0.4) is 0 Å². The molecule has 3 fully saturated rings. The Morgan fingerprint density at radius 3 is 1.88 bits per heavy atom. The molecule has 3 saturated carbocycles. The third kappa shape index (κ3) is 3.86. The van der Waals surface area contributed by atoms with Crippen LogP contribution in [0.1, 0.15) is 52.4 Å². The summed E-state index contributed by atoms with van der Waals surface area (Å²) in [7, 11) is 0. The predicted molar refractivity (Wildman–Crippen MR) is 70.8 cm³/mol. The van der Waals surface area contributed by atoms with Crippen molar-refractivity contribution in [3.8, 4) is 0 Å². The fourth-order valence-electron chi connectivity index (χ4n) is 4.02. The molecule has 4 atom stereocenters. The molecule has 0 heterocycles. The van der Waals surface area contributed by atoms with Crippen molar-refractivity contribution in [2.75, 3.05) is 0 Å². The maximum atomic E-state index is 9.00. The van der Waals surface area contributed by atoms with Crippen LogP contribution in [0, 0.1) is 23.7 Å². The second kappa shape index (κ2) is 6.83. The molecule has 0 aromatic rings. The first-order chi connectivity index (χ1) is 8.10.